The second-order valence-electron chi connectivity index (χ2n) is 3.96. The maximum atomic E-state index is 10.9. The van der Waals surface area contributed by atoms with Crippen molar-refractivity contribution in [1.82, 2.24) is 9.97 Å². The summed E-state index contributed by atoms with van der Waals surface area (Å²) < 4.78 is 0. The Hall–Kier alpha value is -1.36. The maximum absolute atomic E-state index is 10.9. The van der Waals surface area contributed by atoms with Gasteiger partial charge in [0.2, 0.25) is 0 Å². The maximum Gasteiger partial charge on any atom is 0.156 e. The van der Waals surface area contributed by atoms with Gasteiger partial charge >= 0.3 is 0 Å². The highest BCUT2D eigenvalue weighted by Gasteiger charge is 2.08. The third-order valence-electron chi connectivity index (χ3n) is 2.66. The smallest absolute Gasteiger partial charge is 0.156 e. The van der Waals surface area contributed by atoms with E-state index < -0.39 is 0 Å². The number of halogens is 3. The molecular weight excluding hydrogens is 321 g/mol. The van der Waals surface area contributed by atoms with Gasteiger partial charge in [0, 0.05) is 16.6 Å². The Labute approximate surface area is 131 Å². The fourth-order valence-electron chi connectivity index (χ4n) is 1.66. The lowest BCUT2D eigenvalue weighted by atomic mass is 10.1. The summed E-state index contributed by atoms with van der Waals surface area (Å²) in [4.78, 5) is 18.7. The minimum absolute atomic E-state index is 0.127. The fraction of sp³-hybridized carbons (Fsp3) is 0.154. The minimum atomic E-state index is 0.127. The van der Waals surface area contributed by atoms with Crippen LogP contribution in [0, 0.1) is 0 Å². The Kier molecular flexibility index (Phi) is 5.17. The first kappa shape index (κ1) is 15.0. The van der Waals surface area contributed by atoms with Crippen molar-refractivity contribution in [2.75, 3.05) is 11.9 Å². The first-order chi connectivity index (χ1) is 9.61. The number of carbonyl (C=O) groups is 1. The van der Waals surface area contributed by atoms with Gasteiger partial charge in [-0.3, -0.25) is 4.79 Å². The molecule has 1 N–H and O–H groups in total. The molecule has 20 heavy (non-hydrogen) atoms. The van der Waals surface area contributed by atoms with Crippen LogP contribution < -0.4 is 5.32 Å². The van der Waals surface area contributed by atoms with Gasteiger partial charge in [0.25, 0.3) is 0 Å². The van der Waals surface area contributed by atoms with E-state index in [4.69, 9.17) is 34.8 Å². The molecule has 0 atom stereocenters. The van der Waals surface area contributed by atoms with Gasteiger partial charge in [0.05, 0.1) is 5.56 Å². The Balaban J connectivity index is 2.03. The third-order valence-corrected chi connectivity index (χ3v) is 3.54. The van der Waals surface area contributed by atoms with Crippen molar-refractivity contribution < 1.29 is 4.79 Å². The van der Waals surface area contributed by atoms with Crippen LogP contribution in [0.25, 0.3) is 0 Å². The Morgan fingerprint density at radius 1 is 1.20 bits per heavy atom. The lowest BCUT2D eigenvalue weighted by molar-refractivity contribution is 0.112. The molecule has 1 aromatic heterocycles. The van der Waals surface area contributed by atoms with E-state index in [0.29, 0.717) is 35.1 Å². The van der Waals surface area contributed by atoms with E-state index >= 15 is 0 Å². The summed E-state index contributed by atoms with van der Waals surface area (Å²) in [5.41, 5.74) is 1.20. The normalized spacial score (nSPS) is 10.3. The van der Waals surface area contributed by atoms with Crippen LogP contribution in [0.4, 0.5) is 5.82 Å². The Morgan fingerprint density at radius 3 is 2.70 bits per heavy atom. The molecule has 0 bridgehead atoms. The molecule has 0 amide bonds. The van der Waals surface area contributed by atoms with Crippen LogP contribution >= 0.6 is 34.8 Å². The number of nitrogens with zero attached hydrogens (tertiary/aromatic N) is 2. The summed E-state index contributed by atoms with van der Waals surface area (Å²) >= 11 is 17.7. The number of anilines is 1. The molecule has 0 aliphatic heterocycles. The molecule has 2 aromatic rings. The van der Waals surface area contributed by atoms with Crippen molar-refractivity contribution in [3.63, 3.8) is 0 Å². The number of aromatic nitrogens is 2. The second-order valence-corrected chi connectivity index (χ2v) is 5.16. The zero-order valence-electron chi connectivity index (χ0n) is 10.2. The Morgan fingerprint density at radius 2 is 2.00 bits per heavy atom. The van der Waals surface area contributed by atoms with Gasteiger partial charge in [0.1, 0.15) is 17.3 Å². The second kappa shape index (κ2) is 6.88. The summed E-state index contributed by atoms with van der Waals surface area (Å²) in [7, 11) is 0. The van der Waals surface area contributed by atoms with E-state index in [0.717, 1.165) is 5.56 Å². The average Bonchev–Trinajstić information content (AvgIpc) is 2.41. The lowest BCUT2D eigenvalue weighted by Crippen LogP contribution is -2.09. The monoisotopic (exact) mass is 329 g/mol. The van der Waals surface area contributed by atoms with E-state index in [-0.39, 0.29) is 10.7 Å². The number of rotatable bonds is 5. The van der Waals surface area contributed by atoms with Gasteiger partial charge in [-0.05, 0) is 24.1 Å². The van der Waals surface area contributed by atoms with E-state index in [1.165, 1.54) is 6.33 Å². The van der Waals surface area contributed by atoms with Crippen LogP contribution in [-0.2, 0) is 6.42 Å². The van der Waals surface area contributed by atoms with Gasteiger partial charge in [-0.25, -0.2) is 9.97 Å². The average molecular weight is 331 g/mol. The van der Waals surface area contributed by atoms with Crippen LogP contribution in [0.2, 0.25) is 15.2 Å². The summed E-state index contributed by atoms with van der Waals surface area (Å²) in [6, 6.07) is 5.33. The number of aldehydes is 1. The first-order valence-corrected chi connectivity index (χ1v) is 6.88. The lowest BCUT2D eigenvalue weighted by Gasteiger charge is -2.09. The standard InChI is InChI=1S/C13H10Cl3N3O/c14-9-2-1-8(11(15)5-9)3-4-17-13-10(6-20)12(16)18-7-19-13/h1-2,5-7H,3-4H2,(H,17,18,19). The topological polar surface area (TPSA) is 54.9 Å². The molecule has 0 fully saturated rings. The number of hydrogen-bond acceptors (Lipinski definition) is 4. The molecule has 0 spiro atoms. The molecule has 104 valence electrons. The van der Waals surface area contributed by atoms with E-state index in [1.54, 1.807) is 12.1 Å². The van der Waals surface area contributed by atoms with Crippen molar-refractivity contribution >= 4 is 46.9 Å². The fourth-order valence-corrected chi connectivity index (χ4v) is 2.34. The van der Waals surface area contributed by atoms with Crippen molar-refractivity contribution in [2.24, 2.45) is 0 Å². The number of carbonyl (C=O) groups excluding carboxylic acids is 1. The summed E-state index contributed by atoms with van der Waals surface area (Å²) in [6.07, 6.45) is 2.59. The quantitative estimate of drug-likeness (QED) is 0.667. The molecule has 0 saturated heterocycles. The molecule has 1 aromatic carbocycles. The Bertz CT molecular complexity index is 634. The van der Waals surface area contributed by atoms with Gasteiger partial charge < -0.3 is 5.32 Å². The van der Waals surface area contributed by atoms with Gasteiger partial charge in [-0.15, -0.1) is 0 Å². The molecule has 7 heteroatoms. The number of hydrogen-bond donors (Lipinski definition) is 1. The highest BCUT2D eigenvalue weighted by Crippen LogP contribution is 2.22. The molecule has 0 saturated carbocycles. The number of benzene rings is 1. The van der Waals surface area contributed by atoms with Gasteiger partial charge in [-0.2, -0.15) is 0 Å². The summed E-state index contributed by atoms with van der Waals surface area (Å²) in [6.45, 7) is 0.551. The minimum Gasteiger partial charge on any atom is -0.369 e. The van der Waals surface area contributed by atoms with Crippen LogP contribution in [0.15, 0.2) is 24.5 Å². The van der Waals surface area contributed by atoms with Gasteiger partial charge in [-0.1, -0.05) is 40.9 Å². The predicted octanol–water partition coefficient (Wildman–Crippen LogP) is 3.90. The van der Waals surface area contributed by atoms with Crippen LogP contribution in [0.3, 0.4) is 0 Å². The molecule has 0 aliphatic carbocycles. The van der Waals surface area contributed by atoms with Crippen LogP contribution in [-0.4, -0.2) is 22.8 Å². The molecule has 2 rings (SSSR count). The van der Waals surface area contributed by atoms with Crippen molar-refractivity contribution in [3.8, 4) is 0 Å². The van der Waals surface area contributed by atoms with Crippen LogP contribution in [0.5, 0.6) is 0 Å². The van der Waals surface area contributed by atoms with E-state index in [2.05, 4.69) is 15.3 Å². The zero-order chi connectivity index (χ0) is 14.5. The zero-order valence-corrected chi connectivity index (χ0v) is 12.5. The molecule has 0 unspecified atom stereocenters. The highest BCUT2D eigenvalue weighted by atomic mass is 35.5. The molecular formula is C13H10Cl3N3O. The molecule has 0 radical (unpaired) electrons. The third kappa shape index (κ3) is 3.60. The first-order valence-electron chi connectivity index (χ1n) is 5.75. The van der Waals surface area contributed by atoms with Crippen molar-refractivity contribution in [3.05, 3.63) is 50.9 Å². The van der Waals surface area contributed by atoms with Gasteiger partial charge in [0.15, 0.2) is 6.29 Å². The largest absolute Gasteiger partial charge is 0.369 e. The summed E-state index contributed by atoms with van der Waals surface area (Å²) in [5, 5.41) is 4.37. The van der Waals surface area contributed by atoms with Crippen LogP contribution in [0.1, 0.15) is 15.9 Å². The number of nitrogens with one attached hydrogen (secondary N) is 1. The highest BCUT2D eigenvalue weighted by molar-refractivity contribution is 6.35. The molecule has 1 heterocycles. The SMILES string of the molecule is O=Cc1c(Cl)ncnc1NCCc1ccc(Cl)cc1Cl. The van der Waals surface area contributed by atoms with Crippen molar-refractivity contribution in [1.29, 1.82) is 0 Å². The van der Waals surface area contributed by atoms with E-state index in [9.17, 15) is 4.79 Å². The molecule has 0 aliphatic rings. The predicted molar refractivity (Wildman–Crippen MR) is 81.1 cm³/mol. The van der Waals surface area contributed by atoms with E-state index in [1.807, 2.05) is 6.07 Å². The van der Waals surface area contributed by atoms with Crippen molar-refractivity contribution in [2.45, 2.75) is 6.42 Å². The summed E-state index contributed by atoms with van der Waals surface area (Å²) in [5.74, 6) is 0.407. The molecule has 4 nitrogen and oxygen atoms in total.